The molecule has 1 aliphatic carbocycles. The molecule has 2 aromatic rings. The third-order valence-electron chi connectivity index (χ3n) is 6.88. The second kappa shape index (κ2) is 7.33. The van der Waals surface area contributed by atoms with Gasteiger partial charge in [-0.25, -0.2) is 9.84 Å². The number of ether oxygens (including phenoxy) is 2. The van der Waals surface area contributed by atoms with Crippen molar-refractivity contribution in [3.05, 3.63) is 59.4 Å². The van der Waals surface area contributed by atoms with Crippen LogP contribution in [0.5, 0.6) is 5.75 Å². The number of aliphatic imine (C=N–C) groups is 1. The number of thioether (sulfide) groups is 1. The first-order valence-electron chi connectivity index (χ1n) is 10.4. The fraction of sp³-hybridized carbons (Fsp3) is 0.417. The zero-order valence-corrected chi connectivity index (χ0v) is 17.9. The third kappa shape index (κ3) is 2.91. The fourth-order valence-electron chi connectivity index (χ4n) is 5.33. The van der Waals surface area contributed by atoms with E-state index in [0.29, 0.717) is 10.9 Å². The molecule has 1 unspecified atom stereocenters. The van der Waals surface area contributed by atoms with E-state index < -0.39 is 5.54 Å². The maximum absolute atomic E-state index is 7.33. The molecule has 154 valence electrons. The van der Waals surface area contributed by atoms with E-state index in [1.54, 1.807) is 18.9 Å². The number of methoxy groups -OCH3 is 1. The quantitative estimate of drug-likeness (QED) is 0.674. The number of hydrogen-bond acceptors (Lipinski definition) is 5. The van der Waals surface area contributed by atoms with Gasteiger partial charge in [-0.3, -0.25) is 0 Å². The lowest BCUT2D eigenvalue weighted by atomic mass is 9.67. The largest absolute Gasteiger partial charge is 0.484 e. The van der Waals surface area contributed by atoms with Crippen LogP contribution in [0.3, 0.4) is 0 Å². The van der Waals surface area contributed by atoms with Gasteiger partial charge in [0.05, 0.1) is 12.7 Å². The van der Waals surface area contributed by atoms with Gasteiger partial charge in [0.2, 0.25) is 0 Å². The highest BCUT2D eigenvalue weighted by Crippen LogP contribution is 2.59. The summed E-state index contributed by atoms with van der Waals surface area (Å²) in [5.41, 5.74) is 9.34. The van der Waals surface area contributed by atoms with E-state index in [1.807, 2.05) is 24.3 Å². The van der Waals surface area contributed by atoms with Gasteiger partial charge in [0, 0.05) is 18.4 Å². The van der Waals surface area contributed by atoms with Crippen LogP contribution in [0.4, 0.5) is 5.69 Å². The van der Waals surface area contributed by atoms with Crippen LogP contribution in [-0.2, 0) is 10.3 Å². The molecule has 1 atom stereocenters. The summed E-state index contributed by atoms with van der Waals surface area (Å²) in [5, 5.41) is 0.645. The number of fused-ring (bicyclic) bond motifs is 3. The van der Waals surface area contributed by atoms with Crippen LogP contribution in [0.2, 0.25) is 0 Å². The summed E-state index contributed by atoms with van der Waals surface area (Å²) in [6, 6.07) is 14.1. The average Bonchev–Trinajstić information content (AvgIpc) is 3.02. The maximum atomic E-state index is 7.33. The summed E-state index contributed by atoms with van der Waals surface area (Å²) in [7, 11) is 1.79. The lowest BCUT2D eigenvalue weighted by molar-refractivity contribution is -0.0561. The van der Waals surface area contributed by atoms with E-state index in [0.717, 1.165) is 60.3 Å². The molecule has 0 saturated heterocycles. The summed E-state index contributed by atoms with van der Waals surface area (Å²) in [4.78, 5) is 8.67. The van der Waals surface area contributed by atoms with Crippen LogP contribution < -0.4 is 10.5 Å². The zero-order valence-electron chi connectivity index (χ0n) is 17.1. The lowest BCUT2D eigenvalue weighted by Gasteiger charge is -2.47. The predicted octanol–water partition coefficient (Wildman–Crippen LogP) is 5.27. The Balaban J connectivity index is 1.63. The van der Waals surface area contributed by atoms with Gasteiger partial charge in [-0.15, -0.1) is 0 Å². The monoisotopic (exact) mass is 419 g/mol. The van der Waals surface area contributed by atoms with Crippen molar-refractivity contribution >= 4 is 22.6 Å². The molecule has 2 heterocycles. The van der Waals surface area contributed by atoms with Crippen molar-refractivity contribution in [1.82, 2.24) is 0 Å². The lowest BCUT2D eigenvalue weighted by Crippen LogP contribution is -2.55. The molecule has 6 heteroatoms. The molecule has 1 saturated carbocycles. The highest BCUT2D eigenvalue weighted by atomic mass is 32.2. The minimum Gasteiger partial charge on any atom is -0.484 e. The Hall–Kier alpha value is -2.49. The first-order valence-corrected chi connectivity index (χ1v) is 11.4. The molecule has 1 fully saturated rings. The first-order chi connectivity index (χ1) is 14.6. The molecule has 2 spiro atoms. The van der Waals surface area contributed by atoms with Crippen molar-refractivity contribution in [2.75, 3.05) is 12.9 Å². The predicted molar refractivity (Wildman–Crippen MR) is 121 cm³/mol. The van der Waals surface area contributed by atoms with E-state index in [9.17, 15) is 0 Å². The van der Waals surface area contributed by atoms with Crippen LogP contribution in [-0.4, -0.2) is 29.7 Å². The van der Waals surface area contributed by atoms with Crippen molar-refractivity contribution in [3.8, 4) is 16.9 Å². The smallest absolute Gasteiger partial charge is 0.187 e. The van der Waals surface area contributed by atoms with Crippen LogP contribution in [0.15, 0.2) is 47.5 Å². The highest BCUT2D eigenvalue weighted by molar-refractivity contribution is 8.13. The minimum atomic E-state index is -0.455. The summed E-state index contributed by atoms with van der Waals surface area (Å²) in [5.74, 6) is 1.85. The summed E-state index contributed by atoms with van der Waals surface area (Å²) in [6.07, 6.45) is 4.94. The summed E-state index contributed by atoms with van der Waals surface area (Å²) in [6.45, 7) is 7.33. The van der Waals surface area contributed by atoms with E-state index in [4.69, 9.17) is 26.8 Å². The number of amidine groups is 1. The second-order valence-corrected chi connectivity index (χ2v) is 9.43. The van der Waals surface area contributed by atoms with E-state index in [-0.39, 0.29) is 11.7 Å². The minimum absolute atomic E-state index is 0.284. The van der Waals surface area contributed by atoms with Crippen molar-refractivity contribution in [2.24, 2.45) is 10.7 Å². The highest BCUT2D eigenvalue weighted by Gasteiger charge is 2.61. The molecule has 3 aliphatic rings. The van der Waals surface area contributed by atoms with Crippen LogP contribution in [0, 0.1) is 6.57 Å². The Labute approximate surface area is 181 Å². The number of nitrogens with two attached hydrogens (primary N) is 1. The molecule has 2 aliphatic heterocycles. The molecular weight excluding hydrogens is 394 g/mol. The normalized spacial score (nSPS) is 29.9. The Morgan fingerprint density at radius 2 is 1.97 bits per heavy atom. The van der Waals surface area contributed by atoms with Crippen LogP contribution in [0.1, 0.15) is 37.7 Å². The maximum Gasteiger partial charge on any atom is 0.187 e. The van der Waals surface area contributed by atoms with E-state index in [1.165, 1.54) is 0 Å². The van der Waals surface area contributed by atoms with Crippen molar-refractivity contribution in [2.45, 2.75) is 49.3 Å². The summed E-state index contributed by atoms with van der Waals surface area (Å²) >= 11 is 1.63. The Morgan fingerprint density at radius 1 is 1.17 bits per heavy atom. The van der Waals surface area contributed by atoms with Gasteiger partial charge in [-0.1, -0.05) is 36.0 Å². The molecule has 0 aromatic heterocycles. The molecule has 0 radical (unpaired) electrons. The number of nitrogens with zero attached hydrogens (tertiary/aromatic N) is 2. The molecule has 2 aromatic carbocycles. The molecule has 0 amide bonds. The molecule has 5 nitrogen and oxygen atoms in total. The molecule has 0 bridgehead atoms. The molecule has 30 heavy (non-hydrogen) atoms. The third-order valence-corrected chi connectivity index (χ3v) is 7.68. The first kappa shape index (κ1) is 19.5. The number of benzene rings is 2. The van der Waals surface area contributed by atoms with Crippen LogP contribution >= 0.6 is 11.8 Å². The Morgan fingerprint density at radius 3 is 2.70 bits per heavy atom. The SMILES string of the molecule is [C-]#[N+]c1cccc(-c2ccc3c(c2)C2(CCSC(N)=N2)C2(CCC(OC)CC2)O3)c1. The second-order valence-electron chi connectivity index (χ2n) is 8.31. The van der Waals surface area contributed by atoms with Gasteiger partial charge >= 0.3 is 0 Å². The molecular formula is C24H25N3O2S. The topological polar surface area (TPSA) is 61.2 Å². The van der Waals surface area contributed by atoms with Gasteiger partial charge in [0.15, 0.2) is 10.9 Å². The van der Waals surface area contributed by atoms with Gasteiger partial charge < -0.3 is 15.2 Å². The van der Waals surface area contributed by atoms with Crippen molar-refractivity contribution < 1.29 is 9.47 Å². The van der Waals surface area contributed by atoms with Crippen LogP contribution in [0.25, 0.3) is 16.0 Å². The number of rotatable bonds is 2. The zero-order chi connectivity index (χ0) is 20.8. The van der Waals surface area contributed by atoms with Gasteiger partial charge in [0.25, 0.3) is 0 Å². The summed E-state index contributed by atoms with van der Waals surface area (Å²) < 4.78 is 12.4. The standard InChI is InChI=1S/C24H25N3O2S/c1-26-18-5-3-4-16(14-18)17-6-7-21-20(15-17)24(12-13-30-22(25)27-24)23(29-21)10-8-19(28-2)9-11-23/h3-7,14-15,19H,8-13H2,2H3,(H2,25,27). The molecule has 5 rings (SSSR count). The van der Waals surface area contributed by atoms with E-state index >= 15 is 0 Å². The fourth-order valence-corrected chi connectivity index (χ4v) is 6.16. The average molecular weight is 420 g/mol. The van der Waals surface area contributed by atoms with Crippen molar-refractivity contribution in [3.63, 3.8) is 0 Å². The number of hydrogen-bond donors (Lipinski definition) is 1. The van der Waals surface area contributed by atoms with Gasteiger partial charge in [0.1, 0.15) is 16.9 Å². The Bertz CT molecular complexity index is 1050. The van der Waals surface area contributed by atoms with Crippen molar-refractivity contribution in [1.29, 1.82) is 0 Å². The Kier molecular flexibility index (Phi) is 4.76. The molecule has 2 N–H and O–H groups in total. The van der Waals surface area contributed by atoms with Gasteiger partial charge in [-0.2, -0.15) is 0 Å². The van der Waals surface area contributed by atoms with Gasteiger partial charge in [-0.05, 0) is 61.4 Å². The van der Waals surface area contributed by atoms with E-state index in [2.05, 4.69) is 23.0 Å².